The van der Waals surface area contributed by atoms with E-state index in [4.69, 9.17) is 20.1 Å². The Labute approximate surface area is 107 Å². The maximum atomic E-state index is 9.14. The number of aliphatic hydroxyl groups excluding tert-OH is 3. The van der Waals surface area contributed by atoms with Crippen molar-refractivity contribution in [2.45, 2.75) is 12.0 Å². The highest BCUT2D eigenvalue weighted by Crippen LogP contribution is 2.11. The second-order valence-corrected chi connectivity index (χ2v) is 4.28. The summed E-state index contributed by atoms with van der Waals surface area (Å²) in [5.74, 6) is 0.808. The van der Waals surface area contributed by atoms with Crippen molar-refractivity contribution in [2.24, 2.45) is 0 Å². The number of ether oxygens (including phenoxy) is 1. The van der Waals surface area contributed by atoms with Crippen LogP contribution in [0.4, 0.5) is 0 Å². The van der Waals surface area contributed by atoms with Gasteiger partial charge in [-0.2, -0.15) is 0 Å². The molecule has 1 rings (SSSR count). The molecule has 0 bridgehead atoms. The molecule has 0 saturated carbocycles. The van der Waals surface area contributed by atoms with Gasteiger partial charge < -0.3 is 25.4 Å². The minimum Gasteiger partial charge on any atom is -0.497 e. The SMILES string of the molecule is COc1ccc(CCNC(CO)(CO)CO)cc1. The summed E-state index contributed by atoms with van der Waals surface area (Å²) in [6.07, 6.45) is 0.742. The fraction of sp³-hybridized carbons (Fsp3) is 0.538. The molecule has 5 nitrogen and oxygen atoms in total. The molecule has 0 spiro atoms. The fourth-order valence-corrected chi connectivity index (χ4v) is 1.58. The van der Waals surface area contributed by atoms with Gasteiger partial charge in [0.05, 0.1) is 32.5 Å². The average molecular weight is 255 g/mol. The monoisotopic (exact) mass is 255 g/mol. The Bertz CT molecular complexity index is 327. The van der Waals surface area contributed by atoms with E-state index in [1.54, 1.807) is 7.11 Å². The highest BCUT2D eigenvalue weighted by molar-refractivity contribution is 5.27. The van der Waals surface area contributed by atoms with Crippen molar-refractivity contribution in [3.05, 3.63) is 29.8 Å². The van der Waals surface area contributed by atoms with Crippen LogP contribution in [0.1, 0.15) is 5.56 Å². The van der Waals surface area contributed by atoms with Gasteiger partial charge in [-0.05, 0) is 30.7 Å². The largest absolute Gasteiger partial charge is 0.497 e. The number of methoxy groups -OCH3 is 1. The van der Waals surface area contributed by atoms with Crippen molar-refractivity contribution < 1.29 is 20.1 Å². The molecule has 0 amide bonds. The normalized spacial score (nSPS) is 11.6. The van der Waals surface area contributed by atoms with Gasteiger partial charge in [-0.1, -0.05) is 12.1 Å². The Morgan fingerprint density at radius 3 is 2.06 bits per heavy atom. The fourth-order valence-electron chi connectivity index (χ4n) is 1.58. The van der Waals surface area contributed by atoms with E-state index >= 15 is 0 Å². The molecule has 18 heavy (non-hydrogen) atoms. The van der Waals surface area contributed by atoms with Crippen molar-refractivity contribution >= 4 is 0 Å². The zero-order chi connectivity index (χ0) is 13.4. The minimum atomic E-state index is -1.01. The maximum Gasteiger partial charge on any atom is 0.118 e. The highest BCUT2D eigenvalue weighted by atomic mass is 16.5. The Kier molecular flexibility index (Phi) is 6.07. The molecule has 0 atom stereocenters. The number of nitrogens with one attached hydrogen (secondary N) is 1. The van der Waals surface area contributed by atoms with E-state index in [0.717, 1.165) is 17.7 Å². The average Bonchev–Trinajstić information content (AvgIpc) is 2.45. The van der Waals surface area contributed by atoms with E-state index in [2.05, 4.69) is 5.32 Å². The first-order chi connectivity index (χ1) is 8.69. The van der Waals surface area contributed by atoms with Crippen LogP contribution in [0.15, 0.2) is 24.3 Å². The number of rotatable bonds is 8. The molecule has 4 N–H and O–H groups in total. The van der Waals surface area contributed by atoms with Gasteiger partial charge in [-0.15, -0.1) is 0 Å². The quantitative estimate of drug-likeness (QED) is 0.505. The summed E-state index contributed by atoms with van der Waals surface area (Å²) >= 11 is 0. The lowest BCUT2D eigenvalue weighted by molar-refractivity contribution is 0.0431. The summed E-state index contributed by atoms with van der Waals surface area (Å²) in [5, 5.41) is 30.4. The van der Waals surface area contributed by atoms with E-state index in [-0.39, 0.29) is 19.8 Å². The topological polar surface area (TPSA) is 82.0 Å². The van der Waals surface area contributed by atoms with E-state index in [9.17, 15) is 0 Å². The van der Waals surface area contributed by atoms with Crippen LogP contribution in [-0.2, 0) is 6.42 Å². The van der Waals surface area contributed by atoms with Crippen molar-refractivity contribution in [3.8, 4) is 5.75 Å². The lowest BCUT2D eigenvalue weighted by Gasteiger charge is -2.28. The van der Waals surface area contributed by atoms with E-state index in [0.29, 0.717) is 6.54 Å². The molecule has 0 heterocycles. The maximum absolute atomic E-state index is 9.14. The lowest BCUT2D eigenvalue weighted by atomic mass is 10.0. The van der Waals surface area contributed by atoms with E-state index in [1.807, 2.05) is 24.3 Å². The Morgan fingerprint density at radius 1 is 1.06 bits per heavy atom. The molecule has 0 aliphatic heterocycles. The van der Waals surface area contributed by atoms with Crippen LogP contribution in [0.2, 0.25) is 0 Å². The number of benzene rings is 1. The van der Waals surface area contributed by atoms with Crippen LogP contribution in [0.5, 0.6) is 5.75 Å². The van der Waals surface area contributed by atoms with Crippen molar-refractivity contribution in [1.82, 2.24) is 5.32 Å². The molecule has 0 unspecified atom stereocenters. The summed E-state index contributed by atoms with van der Waals surface area (Å²) in [6, 6.07) is 7.68. The molecular formula is C13H21NO4. The molecule has 1 aromatic carbocycles. The molecule has 1 aromatic rings. The number of hydrogen-bond acceptors (Lipinski definition) is 5. The molecule has 0 aromatic heterocycles. The standard InChI is InChI=1S/C13H21NO4/c1-18-12-4-2-11(3-5-12)6-7-14-13(8-15,9-16)10-17/h2-5,14-17H,6-10H2,1H3. The summed E-state index contributed by atoms with van der Waals surface area (Å²) in [5.41, 5.74) is 0.109. The highest BCUT2D eigenvalue weighted by Gasteiger charge is 2.26. The van der Waals surface area contributed by atoms with Crippen LogP contribution in [0.25, 0.3) is 0 Å². The van der Waals surface area contributed by atoms with E-state index < -0.39 is 5.54 Å². The second-order valence-electron chi connectivity index (χ2n) is 4.28. The predicted molar refractivity (Wildman–Crippen MR) is 68.7 cm³/mol. The van der Waals surface area contributed by atoms with Gasteiger partial charge in [-0.3, -0.25) is 0 Å². The third-order valence-electron chi connectivity index (χ3n) is 2.98. The molecule has 0 aliphatic rings. The predicted octanol–water partition coefficient (Wildman–Crippen LogP) is -0.457. The van der Waals surface area contributed by atoms with Gasteiger partial charge in [0.1, 0.15) is 5.75 Å². The van der Waals surface area contributed by atoms with Crippen LogP contribution in [0, 0.1) is 0 Å². The minimum absolute atomic E-state index is 0.303. The molecule has 0 aliphatic carbocycles. The van der Waals surface area contributed by atoms with Gasteiger partial charge in [-0.25, -0.2) is 0 Å². The number of aliphatic hydroxyl groups is 3. The first-order valence-corrected chi connectivity index (χ1v) is 5.90. The smallest absolute Gasteiger partial charge is 0.118 e. The van der Waals surface area contributed by atoms with Gasteiger partial charge in [0.25, 0.3) is 0 Å². The summed E-state index contributed by atoms with van der Waals surface area (Å²) < 4.78 is 5.07. The Hall–Kier alpha value is -1.14. The summed E-state index contributed by atoms with van der Waals surface area (Å²) in [7, 11) is 1.62. The first-order valence-electron chi connectivity index (χ1n) is 5.90. The van der Waals surface area contributed by atoms with Gasteiger partial charge in [0.2, 0.25) is 0 Å². The van der Waals surface area contributed by atoms with Gasteiger partial charge in [0.15, 0.2) is 0 Å². The van der Waals surface area contributed by atoms with Gasteiger partial charge in [0, 0.05) is 0 Å². The third kappa shape index (κ3) is 3.96. The zero-order valence-corrected chi connectivity index (χ0v) is 10.6. The molecule has 0 radical (unpaired) electrons. The number of hydrogen-bond donors (Lipinski definition) is 4. The second kappa shape index (κ2) is 7.33. The van der Waals surface area contributed by atoms with Crippen LogP contribution < -0.4 is 10.1 Å². The third-order valence-corrected chi connectivity index (χ3v) is 2.98. The van der Waals surface area contributed by atoms with Crippen molar-refractivity contribution in [1.29, 1.82) is 0 Å². The van der Waals surface area contributed by atoms with Gasteiger partial charge >= 0.3 is 0 Å². The lowest BCUT2D eigenvalue weighted by Crippen LogP contribution is -2.55. The van der Waals surface area contributed by atoms with Crippen LogP contribution >= 0.6 is 0 Å². The molecule has 5 heteroatoms. The molecular weight excluding hydrogens is 234 g/mol. The molecule has 102 valence electrons. The van der Waals surface area contributed by atoms with Crippen molar-refractivity contribution in [2.75, 3.05) is 33.5 Å². The van der Waals surface area contributed by atoms with E-state index in [1.165, 1.54) is 0 Å². The van der Waals surface area contributed by atoms with Crippen LogP contribution in [-0.4, -0.2) is 54.3 Å². The summed E-state index contributed by atoms with van der Waals surface area (Å²) in [6.45, 7) is -0.345. The van der Waals surface area contributed by atoms with Crippen molar-refractivity contribution in [3.63, 3.8) is 0 Å². The van der Waals surface area contributed by atoms with Crippen LogP contribution in [0.3, 0.4) is 0 Å². The Balaban J connectivity index is 2.44. The zero-order valence-electron chi connectivity index (χ0n) is 10.6. The molecule has 0 saturated heterocycles. The summed E-state index contributed by atoms with van der Waals surface area (Å²) in [4.78, 5) is 0. The Morgan fingerprint density at radius 2 is 1.61 bits per heavy atom. The first kappa shape index (κ1) is 14.9. The molecule has 0 fully saturated rings.